The smallest absolute Gasteiger partial charge is 0.410 e. The Morgan fingerprint density at radius 3 is 2.71 bits per heavy atom. The molecule has 0 heterocycles. The van der Waals surface area contributed by atoms with Gasteiger partial charge in [-0.05, 0) is 30.7 Å². The van der Waals surface area contributed by atoms with E-state index in [-0.39, 0.29) is 0 Å². The van der Waals surface area contributed by atoms with Gasteiger partial charge in [-0.2, -0.15) is 0 Å². The molecule has 74 valence electrons. The summed E-state index contributed by atoms with van der Waals surface area (Å²) in [5.74, 6) is 0.424. The highest BCUT2D eigenvalue weighted by Gasteiger charge is 2.03. The van der Waals surface area contributed by atoms with Crippen molar-refractivity contribution in [3.05, 3.63) is 29.3 Å². The second-order valence-electron chi connectivity index (χ2n) is 2.78. The lowest BCUT2D eigenvalue weighted by Crippen LogP contribution is -2.22. The van der Waals surface area contributed by atoms with Crippen molar-refractivity contribution in [2.24, 2.45) is 0 Å². The molecule has 0 bridgehead atoms. The average Bonchev–Trinajstić information content (AvgIpc) is 2.18. The number of hydrogen-bond acceptors (Lipinski definition) is 3. The summed E-state index contributed by atoms with van der Waals surface area (Å²) in [4.78, 5) is 21.3. The summed E-state index contributed by atoms with van der Waals surface area (Å²) in [5.41, 5.74) is 1.37. The number of nitrogens with one attached hydrogen (secondary N) is 1. The monoisotopic (exact) mass is 193 g/mol. The van der Waals surface area contributed by atoms with Gasteiger partial charge in [0, 0.05) is 12.6 Å². The van der Waals surface area contributed by atoms with Gasteiger partial charge in [0.15, 0.2) is 0 Å². The van der Waals surface area contributed by atoms with Crippen LogP contribution in [0.15, 0.2) is 18.2 Å². The number of benzene rings is 1. The lowest BCUT2D eigenvalue weighted by molar-refractivity contribution is 0.112. The zero-order valence-electron chi connectivity index (χ0n) is 8.03. The summed E-state index contributed by atoms with van der Waals surface area (Å²) in [6.45, 7) is 1.78. The fraction of sp³-hybridized carbons (Fsp3) is 0.200. The van der Waals surface area contributed by atoms with E-state index < -0.39 is 6.09 Å². The van der Waals surface area contributed by atoms with Crippen molar-refractivity contribution in [1.29, 1.82) is 0 Å². The molecule has 0 aliphatic carbocycles. The summed E-state index contributed by atoms with van der Waals surface area (Å²) in [7, 11) is 1.48. The molecule has 0 radical (unpaired) electrons. The summed E-state index contributed by atoms with van der Waals surface area (Å²) < 4.78 is 4.88. The third-order valence-corrected chi connectivity index (χ3v) is 1.78. The number of hydrogen-bond donors (Lipinski definition) is 1. The predicted molar refractivity (Wildman–Crippen MR) is 51.7 cm³/mol. The van der Waals surface area contributed by atoms with Crippen LogP contribution < -0.4 is 10.1 Å². The molecule has 0 saturated carbocycles. The first kappa shape index (κ1) is 10.2. The van der Waals surface area contributed by atoms with Crippen molar-refractivity contribution >= 4 is 12.4 Å². The van der Waals surface area contributed by atoms with E-state index >= 15 is 0 Å². The molecule has 1 rings (SSSR count). The van der Waals surface area contributed by atoms with Gasteiger partial charge in [0.25, 0.3) is 0 Å². The van der Waals surface area contributed by atoms with Crippen molar-refractivity contribution in [3.8, 4) is 5.75 Å². The lowest BCUT2D eigenvalue weighted by atomic mass is 10.1. The second kappa shape index (κ2) is 4.41. The topological polar surface area (TPSA) is 55.4 Å². The number of aldehydes is 1. The summed E-state index contributed by atoms with van der Waals surface area (Å²) >= 11 is 0. The first-order chi connectivity index (χ1) is 6.67. The molecular formula is C10H11NO3. The fourth-order valence-electron chi connectivity index (χ4n) is 1.00. The number of amides is 1. The Labute approximate surface area is 81.9 Å². The van der Waals surface area contributed by atoms with Gasteiger partial charge in [-0.15, -0.1) is 0 Å². The molecule has 0 unspecified atom stereocenters. The number of aryl methyl sites for hydroxylation is 1. The lowest BCUT2D eigenvalue weighted by Gasteiger charge is -2.04. The van der Waals surface area contributed by atoms with Gasteiger partial charge >= 0.3 is 6.09 Å². The van der Waals surface area contributed by atoms with Crippen LogP contribution >= 0.6 is 0 Å². The van der Waals surface area contributed by atoms with E-state index in [0.29, 0.717) is 11.3 Å². The first-order valence-electron chi connectivity index (χ1n) is 4.12. The zero-order chi connectivity index (χ0) is 10.6. The Bertz CT molecular complexity index is 360. The Kier molecular flexibility index (Phi) is 3.23. The first-order valence-corrected chi connectivity index (χ1v) is 4.12. The van der Waals surface area contributed by atoms with E-state index in [9.17, 15) is 9.59 Å². The van der Waals surface area contributed by atoms with Gasteiger partial charge in [0.1, 0.15) is 12.0 Å². The predicted octanol–water partition coefficient (Wildman–Crippen LogP) is 1.53. The largest absolute Gasteiger partial charge is 0.412 e. The van der Waals surface area contributed by atoms with Crippen molar-refractivity contribution in [2.45, 2.75) is 6.92 Å². The van der Waals surface area contributed by atoms with Crippen molar-refractivity contribution in [1.82, 2.24) is 5.32 Å². The minimum Gasteiger partial charge on any atom is -0.410 e. The highest BCUT2D eigenvalue weighted by atomic mass is 16.5. The molecule has 4 heteroatoms. The van der Waals surface area contributed by atoms with E-state index in [4.69, 9.17) is 4.74 Å². The molecule has 0 aliphatic rings. The van der Waals surface area contributed by atoms with Crippen LogP contribution in [0.3, 0.4) is 0 Å². The van der Waals surface area contributed by atoms with Crippen LogP contribution in [-0.4, -0.2) is 19.4 Å². The van der Waals surface area contributed by atoms with Gasteiger partial charge in [0.05, 0.1) is 0 Å². The molecule has 0 saturated heterocycles. The van der Waals surface area contributed by atoms with E-state index in [1.165, 1.54) is 7.05 Å². The maximum Gasteiger partial charge on any atom is 0.412 e. The maximum atomic E-state index is 10.8. The molecule has 1 aromatic carbocycles. The van der Waals surface area contributed by atoms with Crippen LogP contribution in [0.1, 0.15) is 15.9 Å². The molecule has 0 fully saturated rings. The minimum absolute atomic E-state index is 0.424. The molecule has 0 aromatic heterocycles. The Hall–Kier alpha value is -1.84. The van der Waals surface area contributed by atoms with Crippen LogP contribution in [-0.2, 0) is 0 Å². The van der Waals surface area contributed by atoms with E-state index in [2.05, 4.69) is 5.32 Å². The molecule has 0 spiro atoms. The van der Waals surface area contributed by atoms with Crippen molar-refractivity contribution < 1.29 is 14.3 Å². The van der Waals surface area contributed by atoms with Gasteiger partial charge in [-0.25, -0.2) is 4.79 Å². The van der Waals surface area contributed by atoms with Crippen LogP contribution in [0, 0.1) is 6.92 Å². The van der Waals surface area contributed by atoms with E-state index in [0.717, 1.165) is 11.8 Å². The Morgan fingerprint density at radius 1 is 1.50 bits per heavy atom. The highest BCUT2D eigenvalue weighted by Crippen LogP contribution is 2.15. The third kappa shape index (κ3) is 2.32. The van der Waals surface area contributed by atoms with Crippen molar-refractivity contribution in [2.75, 3.05) is 7.05 Å². The summed E-state index contributed by atoms with van der Waals surface area (Å²) in [5, 5.41) is 2.33. The molecule has 1 N–H and O–H groups in total. The van der Waals surface area contributed by atoms with Crippen LogP contribution in [0.5, 0.6) is 5.75 Å². The molecule has 4 nitrogen and oxygen atoms in total. The van der Waals surface area contributed by atoms with Crippen LogP contribution in [0.4, 0.5) is 4.79 Å². The highest BCUT2D eigenvalue weighted by molar-refractivity contribution is 5.78. The number of carbonyl (C=O) groups excluding carboxylic acids is 2. The molecular weight excluding hydrogens is 182 g/mol. The average molecular weight is 193 g/mol. The molecule has 1 aromatic rings. The van der Waals surface area contributed by atoms with Crippen LogP contribution in [0.25, 0.3) is 0 Å². The SMILES string of the molecule is CNC(=O)Oc1ccc(C=O)c(C)c1. The standard InChI is InChI=1S/C10H11NO3/c1-7-5-9(14-10(13)11-2)4-3-8(7)6-12/h3-6H,1-2H3,(H,11,13). The second-order valence-corrected chi connectivity index (χ2v) is 2.78. The van der Waals surface area contributed by atoms with Gasteiger partial charge in [0.2, 0.25) is 0 Å². The quantitative estimate of drug-likeness (QED) is 0.724. The Morgan fingerprint density at radius 2 is 2.21 bits per heavy atom. The molecule has 14 heavy (non-hydrogen) atoms. The third-order valence-electron chi connectivity index (χ3n) is 1.78. The molecule has 0 atom stereocenters. The molecule has 1 amide bonds. The molecule has 0 aliphatic heterocycles. The summed E-state index contributed by atoms with van der Waals surface area (Å²) in [6.07, 6.45) is 0.238. The van der Waals surface area contributed by atoms with Crippen LogP contribution in [0.2, 0.25) is 0 Å². The Balaban J connectivity index is 2.86. The fourth-order valence-corrected chi connectivity index (χ4v) is 1.00. The normalized spacial score (nSPS) is 9.29. The maximum absolute atomic E-state index is 10.8. The van der Waals surface area contributed by atoms with E-state index in [1.807, 2.05) is 0 Å². The van der Waals surface area contributed by atoms with E-state index in [1.54, 1.807) is 25.1 Å². The summed E-state index contributed by atoms with van der Waals surface area (Å²) in [6, 6.07) is 4.82. The number of rotatable bonds is 2. The number of ether oxygens (including phenoxy) is 1. The minimum atomic E-state index is -0.525. The zero-order valence-corrected chi connectivity index (χ0v) is 8.03. The number of carbonyl (C=O) groups is 2. The van der Waals surface area contributed by atoms with Gasteiger partial charge in [-0.1, -0.05) is 0 Å². The van der Waals surface area contributed by atoms with Gasteiger partial charge in [-0.3, -0.25) is 4.79 Å². The van der Waals surface area contributed by atoms with Gasteiger partial charge < -0.3 is 10.1 Å². The van der Waals surface area contributed by atoms with Crippen molar-refractivity contribution in [3.63, 3.8) is 0 Å².